The molecule has 0 radical (unpaired) electrons. The van der Waals surface area contributed by atoms with Crippen LogP contribution in [0.2, 0.25) is 0 Å². The fourth-order valence-electron chi connectivity index (χ4n) is 2.71. The van der Waals surface area contributed by atoms with Crippen LogP contribution in [-0.2, 0) is 4.79 Å². The van der Waals surface area contributed by atoms with E-state index in [2.05, 4.69) is 24.4 Å². The summed E-state index contributed by atoms with van der Waals surface area (Å²) in [6.07, 6.45) is 0.922. The molecule has 3 aromatic carbocycles. The number of nitrogens with one attached hydrogen (secondary N) is 1. The highest BCUT2D eigenvalue weighted by Gasteiger charge is 2.08. The Hall–Kier alpha value is -2.94. The predicted molar refractivity (Wildman–Crippen MR) is 95.7 cm³/mol. The first kappa shape index (κ1) is 16.4. The third-order valence-corrected chi connectivity index (χ3v) is 3.71. The van der Waals surface area contributed by atoms with E-state index < -0.39 is 0 Å². The van der Waals surface area contributed by atoms with Crippen molar-refractivity contribution in [2.24, 2.45) is 0 Å². The molecule has 0 saturated heterocycles. The van der Waals surface area contributed by atoms with Crippen LogP contribution in [0.15, 0.2) is 54.6 Å². The van der Waals surface area contributed by atoms with Gasteiger partial charge in [0.1, 0.15) is 6.79 Å². The van der Waals surface area contributed by atoms with E-state index in [1.54, 1.807) is 0 Å². The molecule has 0 heterocycles. The van der Waals surface area contributed by atoms with Gasteiger partial charge in [-0.3, -0.25) is 4.79 Å². The highest BCUT2D eigenvalue weighted by Crippen LogP contribution is 2.30. The monoisotopic (exact) mass is 305 g/mol. The van der Waals surface area contributed by atoms with Gasteiger partial charge in [0.05, 0.1) is 0 Å². The maximum atomic E-state index is 11.3. The second-order valence-electron chi connectivity index (χ2n) is 5.31. The largest absolute Gasteiger partial charge is 0.355 e. The standard InChI is InChI=1S/C19H17NO.CH2O/c1-13-5-3-7-16(11-13)20-18-10-9-15(12-21)19-14(2)6-4-8-17(18)19;1-2/h3-12,20H,1-2H3;1H2. The van der Waals surface area contributed by atoms with Crippen LogP contribution in [0.1, 0.15) is 21.5 Å². The van der Waals surface area contributed by atoms with E-state index in [9.17, 15) is 4.79 Å². The lowest BCUT2D eigenvalue weighted by atomic mass is 9.99. The molecule has 0 spiro atoms. The number of aryl methyl sites for hydroxylation is 2. The third-order valence-electron chi connectivity index (χ3n) is 3.71. The third kappa shape index (κ3) is 3.46. The summed E-state index contributed by atoms with van der Waals surface area (Å²) in [4.78, 5) is 19.3. The molecule has 0 aliphatic rings. The Balaban J connectivity index is 0.000000924. The SMILES string of the molecule is C=O.Cc1cccc(Nc2ccc(C=O)c3c(C)cccc23)c1. The number of hydrogen-bond donors (Lipinski definition) is 1. The summed E-state index contributed by atoms with van der Waals surface area (Å²) in [5.41, 5.74) is 5.13. The number of carbonyl (C=O) groups is 2. The van der Waals surface area contributed by atoms with Gasteiger partial charge >= 0.3 is 0 Å². The molecular formula is C20H19NO2. The molecule has 0 fully saturated rings. The van der Waals surface area contributed by atoms with Crippen LogP contribution in [0.5, 0.6) is 0 Å². The average Bonchev–Trinajstić information content (AvgIpc) is 2.57. The van der Waals surface area contributed by atoms with E-state index in [1.165, 1.54) is 5.56 Å². The number of aldehydes is 1. The Kier molecular flexibility index (Phi) is 5.26. The quantitative estimate of drug-likeness (QED) is 0.705. The summed E-state index contributed by atoms with van der Waals surface area (Å²) < 4.78 is 0. The molecule has 0 amide bonds. The first-order valence-electron chi connectivity index (χ1n) is 7.29. The van der Waals surface area contributed by atoms with E-state index in [-0.39, 0.29) is 0 Å². The van der Waals surface area contributed by atoms with Gasteiger partial charge in [-0.05, 0) is 54.6 Å². The molecule has 0 aliphatic carbocycles. The Morgan fingerprint density at radius 3 is 2.39 bits per heavy atom. The van der Waals surface area contributed by atoms with Crippen molar-refractivity contribution in [2.75, 3.05) is 5.32 Å². The molecule has 116 valence electrons. The Bertz CT molecular complexity index is 840. The number of anilines is 2. The van der Waals surface area contributed by atoms with Crippen molar-refractivity contribution in [3.8, 4) is 0 Å². The fourth-order valence-corrected chi connectivity index (χ4v) is 2.71. The zero-order chi connectivity index (χ0) is 16.8. The van der Waals surface area contributed by atoms with E-state index in [0.29, 0.717) is 0 Å². The summed E-state index contributed by atoms with van der Waals surface area (Å²) in [6, 6.07) is 18.2. The zero-order valence-corrected chi connectivity index (χ0v) is 13.3. The molecule has 1 N–H and O–H groups in total. The minimum absolute atomic E-state index is 0.734. The van der Waals surface area contributed by atoms with Crippen molar-refractivity contribution < 1.29 is 9.59 Å². The van der Waals surface area contributed by atoms with Crippen molar-refractivity contribution >= 4 is 35.2 Å². The van der Waals surface area contributed by atoms with Crippen LogP contribution >= 0.6 is 0 Å². The normalized spacial score (nSPS) is 9.83. The number of hydrogen-bond acceptors (Lipinski definition) is 3. The van der Waals surface area contributed by atoms with E-state index in [0.717, 1.165) is 39.6 Å². The van der Waals surface area contributed by atoms with Crippen molar-refractivity contribution in [3.63, 3.8) is 0 Å². The highest BCUT2D eigenvalue weighted by molar-refractivity contribution is 6.06. The molecule has 3 aromatic rings. The lowest BCUT2D eigenvalue weighted by Gasteiger charge is -2.13. The van der Waals surface area contributed by atoms with Gasteiger partial charge in [-0.2, -0.15) is 0 Å². The minimum Gasteiger partial charge on any atom is -0.355 e. The van der Waals surface area contributed by atoms with Crippen LogP contribution in [0, 0.1) is 13.8 Å². The average molecular weight is 305 g/mol. The predicted octanol–water partition coefficient (Wildman–Crippen LogP) is 4.83. The van der Waals surface area contributed by atoms with E-state index in [4.69, 9.17) is 4.79 Å². The van der Waals surface area contributed by atoms with Gasteiger partial charge in [-0.1, -0.05) is 30.3 Å². The first-order chi connectivity index (χ1) is 11.2. The summed E-state index contributed by atoms with van der Waals surface area (Å²) >= 11 is 0. The fraction of sp³-hybridized carbons (Fsp3) is 0.100. The molecular weight excluding hydrogens is 286 g/mol. The van der Waals surface area contributed by atoms with Gasteiger partial charge in [0.15, 0.2) is 6.29 Å². The number of rotatable bonds is 3. The van der Waals surface area contributed by atoms with Gasteiger partial charge < -0.3 is 10.1 Å². The smallest absolute Gasteiger partial charge is 0.150 e. The molecule has 3 nitrogen and oxygen atoms in total. The first-order valence-corrected chi connectivity index (χ1v) is 7.29. The number of fused-ring (bicyclic) bond motifs is 1. The van der Waals surface area contributed by atoms with Crippen LogP contribution in [-0.4, -0.2) is 13.1 Å². The lowest BCUT2D eigenvalue weighted by molar-refractivity contribution is -0.0979. The highest BCUT2D eigenvalue weighted by atomic mass is 16.1. The summed E-state index contributed by atoms with van der Waals surface area (Å²) in [5.74, 6) is 0. The Labute approximate surface area is 136 Å². The topological polar surface area (TPSA) is 46.2 Å². The minimum atomic E-state index is 0.734. The van der Waals surface area contributed by atoms with Gasteiger partial charge in [0.2, 0.25) is 0 Å². The van der Waals surface area contributed by atoms with Gasteiger partial charge in [-0.15, -0.1) is 0 Å². The van der Waals surface area contributed by atoms with Crippen molar-refractivity contribution in [1.29, 1.82) is 0 Å². The zero-order valence-electron chi connectivity index (χ0n) is 13.3. The molecule has 0 aliphatic heterocycles. The van der Waals surface area contributed by atoms with Crippen molar-refractivity contribution in [3.05, 3.63) is 71.3 Å². The van der Waals surface area contributed by atoms with Crippen LogP contribution in [0.25, 0.3) is 10.8 Å². The Morgan fingerprint density at radius 2 is 1.70 bits per heavy atom. The Morgan fingerprint density at radius 1 is 0.957 bits per heavy atom. The van der Waals surface area contributed by atoms with Gasteiger partial charge in [0.25, 0.3) is 0 Å². The maximum absolute atomic E-state index is 11.3. The van der Waals surface area contributed by atoms with Crippen LogP contribution in [0.3, 0.4) is 0 Å². The molecule has 0 atom stereocenters. The molecule has 0 unspecified atom stereocenters. The van der Waals surface area contributed by atoms with Crippen molar-refractivity contribution in [2.45, 2.75) is 13.8 Å². The molecule has 3 rings (SSSR count). The number of carbonyl (C=O) groups excluding carboxylic acids is 2. The second kappa shape index (κ2) is 7.36. The van der Waals surface area contributed by atoms with E-state index >= 15 is 0 Å². The van der Waals surface area contributed by atoms with Crippen molar-refractivity contribution in [1.82, 2.24) is 0 Å². The van der Waals surface area contributed by atoms with Crippen LogP contribution < -0.4 is 5.32 Å². The molecule has 0 saturated carbocycles. The summed E-state index contributed by atoms with van der Waals surface area (Å²) in [7, 11) is 0. The molecule has 23 heavy (non-hydrogen) atoms. The number of benzene rings is 3. The molecule has 3 heteroatoms. The second-order valence-corrected chi connectivity index (χ2v) is 5.31. The summed E-state index contributed by atoms with van der Waals surface area (Å²) in [5, 5.41) is 5.54. The summed E-state index contributed by atoms with van der Waals surface area (Å²) in [6.45, 7) is 6.11. The van der Waals surface area contributed by atoms with E-state index in [1.807, 2.05) is 56.2 Å². The molecule has 0 aromatic heterocycles. The lowest BCUT2D eigenvalue weighted by Crippen LogP contribution is -1.95. The molecule has 0 bridgehead atoms. The van der Waals surface area contributed by atoms with Gasteiger partial charge in [0, 0.05) is 22.3 Å². The van der Waals surface area contributed by atoms with Gasteiger partial charge in [-0.25, -0.2) is 0 Å². The van der Waals surface area contributed by atoms with Crippen LogP contribution in [0.4, 0.5) is 11.4 Å². The maximum Gasteiger partial charge on any atom is 0.150 e.